The molecule has 0 aliphatic heterocycles. The van der Waals surface area contributed by atoms with Crippen LogP contribution in [0.15, 0.2) is 24.3 Å². The molecule has 0 fully saturated rings. The standard InChI is InChI=1S/C17H27NO4S/c1-17(2,3)23(20)18-16(19)7-5-6-12-22-13-14-8-10-15(21-4)11-9-14/h8-11H,5-7,12-13H2,1-4H3,(H,18,19). The normalized spacial score (nSPS) is 12.7. The van der Waals surface area contributed by atoms with Crippen LogP contribution in [-0.4, -0.2) is 28.6 Å². The molecule has 1 atom stereocenters. The van der Waals surface area contributed by atoms with Crippen molar-refractivity contribution in [1.82, 2.24) is 4.72 Å². The third-order valence-corrected chi connectivity index (χ3v) is 4.66. The van der Waals surface area contributed by atoms with Crippen LogP contribution in [0, 0.1) is 0 Å². The average molecular weight is 341 g/mol. The lowest BCUT2D eigenvalue weighted by molar-refractivity contribution is -0.119. The van der Waals surface area contributed by atoms with Crippen LogP contribution >= 0.6 is 0 Å². The lowest BCUT2D eigenvalue weighted by Crippen LogP contribution is -2.37. The topological polar surface area (TPSA) is 64.6 Å². The van der Waals surface area contributed by atoms with E-state index in [2.05, 4.69) is 4.72 Å². The number of amides is 1. The lowest BCUT2D eigenvalue weighted by atomic mass is 10.2. The van der Waals surface area contributed by atoms with E-state index in [9.17, 15) is 9.00 Å². The van der Waals surface area contributed by atoms with Crippen LogP contribution in [0.1, 0.15) is 45.6 Å². The minimum Gasteiger partial charge on any atom is -0.497 e. The maximum Gasteiger partial charge on any atom is 0.231 e. The van der Waals surface area contributed by atoms with Gasteiger partial charge in [0.1, 0.15) is 16.7 Å². The zero-order chi connectivity index (χ0) is 17.3. The first-order valence-corrected chi connectivity index (χ1v) is 8.90. The maximum atomic E-state index is 11.8. The van der Waals surface area contributed by atoms with Gasteiger partial charge in [-0.05, 0) is 51.3 Å². The van der Waals surface area contributed by atoms with Gasteiger partial charge in [-0.2, -0.15) is 0 Å². The second-order valence-corrected chi connectivity index (χ2v) is 8.23. The van der Waals surface area contributed by atoms with E-state index in [0.717, 1.165) is 24.2 Å². The van der Waals surface area contributed by atoms with Crippen molar-refractivity contribution >= 4 is 16.9 Å². The predicted molar refractivity (Wildman–Crippen MR) is 92.5 cm³/mol. The minimum atomic E-state index is -1.35. The highest BCUT2D eigenvalue weighted by atomic mass is 32.2. The Morgan fingerprint density at radius 3 is 2.39 bits per heavy atom. The molecule has 1 amide bonds. The van der Waals surface area contributed by atoms with Crippen LogP contribution < -0.4 is 9.46 Å². The van der Waals surface area contributed by atoms with Crippen molar-refractivity contribution in [3.63, 3.8) is 0 Å². The van der Waals surface area contributed by atoms with E-state index in [0.29, 0.717) is 19.6 Å². The summed E-state index contributed by atoms with van der Waals surface area (Å²) >= 11 is 0. The fourth-order valence-electron chi connectivity index (χ4n) is 1.71. The molecular formula is C17H27NO4S. The van der Waals surface area contributed by atoms with Crippen molar-refractivity contribution in [3.05, 3.63) is 29.8 Å². The molecule has 6 heteroatoms. The second kappa shape index (κ2) is 9.67. The number of hydrogen-bond donors (Lipinski definition) is 1. The highest BCUT2D eigenvalue weighted by Crippen LogP contribution is 2.12. The van der Waals surface area contributed by atoms with Crippen LogP contribution in [-0.2, 0) is 27.1 Å². The molecule has 1 rings (SSSR count). The molecular weight excluding hydrogens is 314 g/mol. The van der Waals surface area contributed by atoms with Gasteiger partial charge in [0.2, 0.25) is 5.91 Å². The SMILES string of the molecule is COc1ccc(COCCCCC(=O)NS(=O)C(C)(C)C)cc1. The Kier molecular flexibility index (Phi) is 8.26. The first-order chi connectivity index (χ1) is 10.8. The first kappa shape index (κ1) is 19.6. The summed E-state index contributed by atoms with van der Waals surface area (Å²) in [6, 6.07) is 7.74. The van der Waals surface area contributed by atoms with Gasteiger partial charge in [0.05, 0.1) is 18.5 Å². The number of benzene rings is 1. The van der Waals surface area contributed by atoms with Crippen molar-refractivity contribution in [2.24, 2.45) is 0 Å². The molecule has 0 saturated heterocycles. The number of ether oxygens (including phenoxy) is 2. The molecule has 0 saturated carbocycles. The molecule has 0 radical (unpaired) electrons. The van der Waals surface area contributed by atoms with Crippen molar-refractivity contribution in [3.8, 4) is 5.75 Å². The van der Waals surface area contributed by atoms with E-state index in [1.54, 1.807) is 7.11 Å². The van der Waals surface area contributed by atoms with Gasteiger partial charge < -0.3 is 9.47 Å². The summed E-state index contributed by atoms with van der Waals surface area (Å²) in [7, 11) is 0.293. The van der Waals surface area contributed by atoms with Crippen molar-refractivity contribution in [2.75, 3.05) is 13.7 Å². The molecule has 130 valence electrons. The quantitative estimate of drug-likeness (QED) is 0.701. The summed E-state index contributed by atoms with van der Waals surface area (Å²) in [6.07, 6.45) is 1.88. The van der Waals surface area contributed by atoms with E-state index >= 15 is 0 Å². The van der Waals surface area contributed by atoms with Gasteiger partial charge in [0.25, 0.3) is 0 Å². The van der Waals surface area contributed by atoms with Crippen LogP contribution in [0.3, 0.4) is 0 Å². The predicted octanol–water partition coefficient (Wildman–Crippen LogP) is 2.96. The van der Waals surface area contributed by atoms with Crippen molar-refractivity contribution in [2.45, 2.75) is 51.4 Å². The highest BCUT2D eigenvalue weighted by molar-refractivity contribution is 7.85. The average Bonchev–Trinajstić information content (AvgIpc) is 2.50. The number of unbranched alkanes of at least 4 members (excludes halogenated alkanes) is 1. The Balaban J connectivity index is 2.11. The Hall–Kier alpha value is -1.40. The summed E-state index contributed by atoms with van der Waals surface area (Å²) in [5.74, 6) is 0.654. The molecule has 1 N–H and O–H groups in total. The highest BCUT2D eigenvalue weighted by Gasteiger charge is 2.21. The molecule has 0 aliphatic rings. The summed E-state index contributed by atoms with van der Waals surface area (Å²) in [4.78, 5) is 11.7. The van der Waals surface area contributed by atoms with Gasteiger partial charge in [-0.25, -0.2) is 4.21 Å². The van der Waals surface area contributed by atoms with Gasteiger partial charge in [0, 0.05) is 13.0 Å². The lowest BCUT2D eigenvalue weighted by Gasteiger charge is -2.17. The van der Waals surface area contributed by atoms with E-state index in [-0.39, 0.29) is 5.91 Å². The zero-order valence-corrected chi connectivity index (χ0v) is 15.2. The van der Waals surface area contributed by atoms with Crippen LogP contribution in [0.25, 0.3) is 0 Å². The smallest absolute Gasteiger partial charge is 0.231 e. The van der Waals surface area contributed by atoms with Gasteiger partial charge >= 0.3 is 0 Å². The monoisotopic (exact) mass is 341 g/mol. The summed E-state index contributed by atoms with van der Waals surface area (Å²) < 4.78 is 24.5. The van der Waals surface area contributed by atoms with Gasteiger partial charge in [0.15, 0.2) is 0 Å². The maximum absolute atomic E-state index is 11.8. The molecule has 0 heterocycles. The van der Waals surface area contributed by atoms with Gasteiger partial charge in [-0.3, -0.25) is 9.52 Å². The zero-order valence-electron chi connectivity index (χ0n) is 14.4. The fourth-order valence-corrected chi connectivity index (χ4v) is 2.32. The molecule has 23 heavy (non-hydrogen) atoms. The number of carbonyl (C=O) groups excluding carboxylic acids is 1. The Morgan fingerprint density at radius 1 is 1.17 bits per heavy atom. The van der Waals surface area contributed by atoms with Crippen LogP contribution in [0.4, 0.5) is 0 Å². The van der Waals surface area contributed by atoms with E-state index in [1.807, 2.05) is 45.0 Å². The minimum absolute atomic E-state index is 0.173. The molecule has 0 aliphatic carbocycles. The third kappa shape index (κ3) is 8.13. The van der Waals surface area contributed by atoms with Crippen LogP contribution in [0.2, 0.25) is 0 Å². The van der Waals surface area contributed by atoms with Gasteiger partial charge in [-0.15, -0.1) is 0 Å². The Labute approximate surface area is 141 Å². The molecule has 0 bridgehead atoms. The molecule has 5 nitrogen and oxygen atoms in total. The molecule has 1 aromatic carbocycles. The number of hydrogen-bond acceptors (Lipinski definition) is 4. The molecule has 0 aromatic heterocycles. The van der Waals surface area contributed by atoms with Crippen molar-refractivity contribution in [1.29, 1.82) is 0 Å². The van der Waals surface area contributed by atoms with E-state index in [1.165, 1.54) is 0 Å². The van der Waals surface area contributed by atoms with Crippen LogP contribution in [0.5, 0.6) is 5.75 Å². The summed E-state index contributed by atoms with van der Waals surface area (Å²) in [6.45, 7) is 6.63. The Bertz CT molecular complexity index is 508. The fraction of sp³-hybridized carbons (Fsp3) is 0.588. The molecule has 1 aromatic rings. The number of methoxy groups -OCH3 is 1. The molecule has 0 spiro atoms. The van der Waals surface area contributed by atoms with Gasteiger partial charge in [-0.1, -0.05) is 12.1 Å². The number of nitrogens with one attached hydrogen (secondary N) is 1. The third-order valence-electron chi connectivity index (χ3n) is 3.13. The first-order valence-electron chi connectivity index (χ1n) is 7.75. The van der Waals surface area contributed by atoms with E-state index in [4.69, 9.17) is 9.47 Å². The van der Waals surface area contributed by atoms with Crippen molar-refractivity contribution < 1.29 is 18.5 Å². The number of carbonyl (C=O) groups is 1. The van der Waals surface area contributed by atoms with E-state index < -0.39 is 15.7 Å². The summed E-state index contributed by atoms with van der Waals surface area (Å²) in [5.41, 5.74) is 1.09. The largest absolute Gasteiger partial charge is 0.497 e. The number of rotatable bonds is 9. The summed E-state index contributed by atoms with van der Waals surface area (Å²) in [5, 5.41) is 0. The Morgan fingerprint density at radius 2 is 1.83 bits per heavy atom. The molecule has 1 unspecified atom stereocenters. The second-order valence-electron chi connectivity index (χ2n) is 6.26.